The molecule has 3 aromatic rings. The maximum atomic E-state index is 12.3. The fraction of sp³-hybridized carbons (Fsp3) is 0.782. The van der Waals surface area contributed by atoms with Gasteiger partial charge in [-0.3, -0.25) is 38.4 Å². The molecule has 3 aromatic heterocycles. The number of nitrogens with two attached hydrogens (primary N) is 1. The summed E-state index contributed by atoms with van der Waals surface area (Å²) in [7, 11) is 0. The highest BCUT2D eigenvalue weighted by Gasteiger charge is 2.31. The minimum Gasteiger partial charge on any atom is -0.466 e. The number of Topliss-reactive ketones (excluding diaryl/α,β-unsaturated/α-hetero) is 3. The zero-order valence-corrected chi connectivity index (χ0v) is 53.5. The summed E-state index contributed by atoms with van der Waals surface area (Å²) in [5.74, 6) is 1.44. The zero-order valence-electron chi connectivity index (χ0n) is 51.3. The molecule has 4 aliphatic rings. The van der Waals surface area contributed by atoms with E-state index in [0.717, 1.165) is 45.2 Å². The minimum atomic E-state index is -0.537. The van der Waals surface area contributed by atoms with Gasteiger partial charge in [-0.25, -0.2) is 9.48 Å². The highest BCUT2D eigenvalue weighted by molar-refractivity contribution is 6.67. The third kappa shape index (κ3) is 41.6. The Kier molecular flexibility index (Phi) is 42.8. The van der Waals surface area contributed by atoms with E-state index < -0.39 is 16.8 Å². The normalized spacial score (nSPS) is 16.0. The molecule has 32 heteroatoms. The van der Waals surface area contributed by atoms with Crippen LogP contribution in [-0.2, 0) is 94.4 Å². The number of hydrogen-bond donors (Lipinski definition) is 3. The van der Waals surface area contributed by atoms with Crippen LogP contribution < -0.4 is 11.1 Å². The molecule has 1 amide bonds. The topological polar surface area (TPSA) is 383 Å². The first-order valence-corrected chi connectivity index (χ1v) is 30.3. The largest absolute Gasteiger partial charge is 0.466 e. The second-order valence-corrected chi connectivity index (χ2v) is 23.0. The molecule has 4 N–H and O–H groups in total. The van der Waals surface area contributed by atoms with Crippen LogP contribution >= 0.6 is 34.8 Å². The quantitative estimate of drug-likeness (QED) is 0.0368. The number of carbonyl (C=O) groups is 9. The van der Waals surface area contributed by atoms with E-state index in [9.17, 15) is 43.2 Å². The van der Waals surface area contributed by atoms with Crippen molar-refractivity contribution >= 4 is 87.9 Å². The third-order valence-corrected chi connectivity index (χ3v) is 13.0. The lowest BCUT2D eigenvalue weighted by Crippen LogP contribution is -2.35. The van der Waals surface area contributed by atoms with Crippen molar-refractivity contribution in [3.05, 3.63) is 17.5 Å². The summed E-state index contributed by atoms with van der Waals surface area (Å²) in [6.07, 6.45) is 13.0. The van der Waals surface area contributed by atoms with E-state index in [-0.39, 0.29) is 111 Å². The van der Waals surface area contributed by atoms with Crippen LogP contribution in [0.5, 0.6) is 0 Å². The summed E-state index contributed by atoms with van der Waals surface area (Å²) >= 11 is 14.9. The summed E-state index contributed by atoms with van der Waals surface area (Å²) < 4.78 is 25.6. The molecule has 2 saturated heterocycles. The second kappa shape index (κ2) is 46.0. The van der Waals surface area contributed by atoms with Gasteiger partial charge in [0, 0.05) is 44.9 Å². The Labute approximate surface area is 525 Å². The molecule has 0 spiro atoms. The zero-order chi connectivity index (χ0) is 64.5. The van der Waals surface area contributed by atoms with Crippen molar-refractivity contribution in [2.24, 2.45) is 23.5 Å². The maximum absolute atomic E-state index is 12.3. The number of H-pyrrole nitrogens is 1. The van der Waals surface area contributed by atoms with Crippen LogP contribution in [0.4, 0.5) is 4.79 Å². The molecule has 2 aliphatic carbocycles. The summed E-state index contributed by atoms with van der Waals surface area (Å²) in [5, 5.41) is 38.0. The molecule has 0 radical (unpaired) electrons. The summed E-state index contributed by atoms with van der Waals surface area (Å²) in [5.41, 5.74) is 4.62. The molecule has 2 atom stereocenters. The highest BCUT2D eigenvalue weighted by Crippen LogP contribution is 2.29. The van der Waals surface area contributed by atoms with Gasteiger partial charge in [0.05, 0.1) is 31.6 Å². The lowest BCUT2D eigenvalue weighted by Gasteiger charge is -2.24. The number of carbonyl (C=O) groups excluding carboxylic acids is 9. The van der Waals surface area contributed by atoms with E-state index >= 15 is 0 Å². The first-order chi connectivity index (χ1) is 40.7. The molecule has 494 valence electrons. The van der Waals surface area contributed by atoms with Gasteiger partial charge in [0.15, 0.2) is 29.0 Å². The van der Waals surface area contributed by atoms with E-state index in [1.165, 1.54) is 48.0 Å². The van der Waals surface area contributed by atoms with Gasteiger partial charge in [0.25, 0.3) is 6.47 Å². The number of esters is 3. The molecule has 0 unspecified atom stereocenters. The molecule has 29 nitrogen and oxygen atoms in total. The van der Waals surface area contributed by atoms with Crippen LogP contribution in [0, 0.1) is 17.8 Å². The Hall–Kier alpha value is -6.17. The van der Waals surface area contributed by atoms with E-state index in [4.69, 9.17) is 54.7 Å². The van der Waals surface area contributed by atoms with Crippen LogP contribution in [0.1, 0.15) is 171 Å². The first kappa shape index (κ1) is 80.8. The Morgan fingerprint density at radius 3 is 1.63 bits per heavy atom. The number of nitrogens with zero attached hydrogens (tertiary/aromatic N) is 12. The molecular weight excluding hydrogens is 1200 g/mol. The van der Waals surface area contributed by atoms with E-state index in [1.807, 2.05) is 41.5 Å². The molecular formula is C55H94Cl3N15O14. The number of likely N-dealkylation sites (tertiary alicyclic amines) is 1. The van der Waals surface area contributed by atoms with E-state index in [2.05, 4.69) is 66.4 Å². The Bertz CT molecular complexity index is 2440. The number of aromatic nitrogens is 12. The monoisotopic (exact) mass is 1290 g/mol. The fourth-order valence-electron chi connectivity index (χ4n) is 8.38. The lowest BCUT2D eigenvalue weighted by molar-refractivity contribution is -0.143. The molecule has 2 saturated carbocycles. The summed E-state index contributed by atoms with van der Waals surface area (Å²) in [4.78, 5) is 103. The fourth-order valence-corrected chi connectivity index (χ4v) is 8.49. The lowest BCUT2D eigenvalue weighted by atomic mass is 10.0. The van der Waals surface area contributed by atoms with Crippen molar-refractivity contribution in [3.63, 3.8) is 0 Å². The van der Waals surface area contributed by atoms with Crippen LogP contribution in [-0.4, -0.2) is 194 Å². The van der Waals surface area contributed by atoms with Crippen molar-refractivity contribution in [2.75, 3.05) is 57.8 Å². The number of aromatic amines is 1. The molecule has 0 bridgehead atoms. The number of hydrogen-bond acceptors (Lipinski definition) is 25. The number of tetrazole rings is 3. The van der Waals surface area contributed by atoms with Crippen molar-refractivity contribution in [1.29, 1.82) is 0 Å². The minimum absolute atomic E-state index is 0. The molecule has 2 aliphatic heterocycles. The van der Waals surface area contributed by atoms with Gasteiger partial charge in [-0.2, -0.15) is 10.0 Å². The number of ether oxygens (including phenoxy) is 5. The number of rotatable bonds is 22. The van der Waals surface area contributed by atoms with Crippen molar-refractivity contribution in [2.45, 2.75) is 203 Å². The number of amides is 1. The van der Waals surface area contributed by atoms with Crippen LogP contribution in [0.25, 0.3) is 0 Å². The highest BCUT2D eigenvalue weighted by atomic mass is 35.5. The Morgan fingerprint density at radius 1 is 0.667 bits per heavy atom. The third-order valence-electron chi connectivity index (χ3n) is 12.1. The van der Waals surface area contributed by atoms with Gasteiger partial charge < -0.3 is 39.6 Å². The van der Waals surface area contributed by atoms with Crippen LogP contribution in [0.15, 0.2) is 0 Å². The molecule has 5 heterocycles. The van der Waals surface area contributed by atoms with Crippen molar-refractivity contribution in [1.82, 2.24) is 71.3 Å². The standard InChI is InChI=1S/C17H27N5O5.C13H20N4O3.C8H13ClO.C5H8N4O2.C5H10O2.C4H10N2.C2H2Cl2O.CH4/c1-5-26-15(24)9-14-18-20-22(19-14)11-13(23)8-12-6-7-21(10-12)16(25)27-17(2,3)4;1-2-20-13(19)8-12-14-15-16-17(12)9-11(18)7-10-5-3-4-6-10;9-6-8(10)5-7-3-1-2-4-7;1-2-11-5(10)3-4-6-8-9-7-4;1-5(2,3)7-4-6;5-4-1-2-6-3-4;3-1-2(4)5;/h12H,5-11H2,1-4H3;10H,2-9H2,1H3;7H,1-6H2;2-3H2,1H3,(H,6,7,8,9);4H,1-3H3;4,6H,1-3,5H2;1H2;1H4/t12-;;;;;4-;;/m1....0../s1. The Morgan fingerprint density at radius 2 is 1.20 bits per heavy atom. The number of halogens is 3. The predicted octanol–water partition coefficient (Wildman–Crippen LogP) is 5.49. The number of alkyl halides is 2. The van der Waals surface area contributed by atoms with Crippen LogP contribution in [0.2, 0.25) is 0 Å². The Balaban J connectivity index is 0.00000108. The number of nitrogens with one attached hydrogen (secondary N) is 2. The van der Waals surface area contributed by atoms with Crippen molar-refractivity contribution < 1.29 is 66.8 Å². The van der Waals surface area contributed by atoms with Crippen molar-refractivity contribution in [3.8, 4) is 0 Å². The van der Waals surface area contributed by atoms with Gasteiger partial charge in [-0.05, 0) is 127 Å². The predicted molar refractivity (Wildman–Crippen MR) is 321 cm³/mol. The average Bonchev–Trinajstić information content (AvgIpc) is 4.53. The first-order valence-electron chi connectivity index (χ1n) is 28.8. The van der Waals surface area contributed by atoms with E-state index in [0.29, 0.717) is 75.1 Å². The smallest absolute Gasteiger partial charge is 0.410 e. The van der Waals surface area contributed by atoms with Gasteiger partial charge in [-0.15, -0.1) is 48.7 Å². The molecule has 4 fully saturated rings. The van der Waals surface area contributed by atoms with Crippen LogP contribution in [0.3, 0.4) is 0 Å². The molecule has 87 heavy (non-hydrogen) atoms. The van der Waals surface area contributed by atoms with Gasteiger partial charge in [0.1, 0.15) is 49.3 Å². The molecule has 0 aromatic carbocycles. The van der Waals surface area contributed by atoms with Gasteiger partial charge >= 0.3 is 24.0 Å². The summed E-state index contributed by atoms with van der Waals surface area (Å²) in [6, 6.07) is 0.435. The summed E-state index contributed by atoms with van der Waals surface area (Å²) in [6.45, 7) is 20.9. The SMILES string of the molecule is C.CC(C)(C)OC=O.CCOC(=O)Cc1nn[nH]n1.CCOC(=O)Cc1nnn(CC(=O)C[C@H]2CCN(C(=O)OC(C)(C)C)C2)n1.CCOC(=O)Cc1nnnn1CC(=O)CC1CCCC1.N[C@H]1CCNC1.O=C(CCl)CC1CCCC1.O=C(Cl)CCl. The molecule has 7 rings (SSSR count). The van der Waals surface area contributed by atoms with Gasteiger partial charge in [0.2, 0.25) is 5.24 Å². The average molecular weight is 1300 g/mol. The second-order valence-electron chi connectivity index (χ2n) is 22.1. The maximum Gasteiger partial charge on any atom is 0.410 e. The van der Waals surface area contributed by atoms with Gasteiger partial charge in [-0.1, -0.05) is 64.0 Å². The number of ketones is 3. The van der Waals surface area contributed by atoms with E-state index in [1.54, 1.807) is 25.7 Å².